The van der Waals surface area contributed by atoms with Crippen molar-refractivity contribution in [2.75, 3.05) is 57.4 Å². The van der Waals surface area contributed by atoms with Crippen LogP contribution in [0, 0.1) is 0 Å². The molecule has 4 rings (SSSR count). The molecule has 2 saturated heterocycles. The maximum absolute atomic E-state index is 13.4. The second-order valence-corrected chi connectivity index (χ2v) is 13.1. The van der Waals surface area contributed by atoms with Crippen LogP contribution >= 0.6 is 11.3 Å². The molecule has 0 saturated carbocycles. The van der Waals surface area contributed by atoms with Crippen molar-refractivity contribution in [2.24, 2.45) is 0 Å². The highest BCUT2D eigenvalue weighted by Gasteiger charge is 2.51. The van der Waals surface area contributed by atoms with Crippen LogP contribution in [0.2, 0.25) is 0 Å². The summed E-state index contributed by atoms with van der Waals surface area (Å²) in [5.74, 6) is -0.349. The second kappa shape index (κ2) is 12.3. The third-order valence-corrected chi connectivity index (χ3v) is 10.6. The van der Waals surface area contributed by atoms with E-state index >= 15 is 0 Å². The number of thiophene rings is 1. The fraction of sp³-hybridized carbons (Fsp3) is 0.577. The highest BCUT2D eigenvalue weighted by molar-refractivity contribution is 7.91. The third kappa shape index (κ3) is 6.63. The molecule has 40 heavy (non-hydrogen) atoms. The van der Waals surface area contributed by atoms with Crippen molar-refractivity contribution in [1.82, 2.24) is 9.21 Å². The molecule has 2 aliphatic rings. The van der Waals surface area contributed by atoms with Crippen LogP contribution in [-0.2, 0) is 29.9 Å². The summed E-state index contributed by atoms with van der Waals surface area (Å²) in [7, 11) is -3.73. The summed E-state index contributed by atoms with van der Waals surface area (Å²) in [6.07, 6.45) is -4.72. The van der Waals surface area contributed by atoms with Crippen molar-refractivity contribution in [3.8, 4) is 0 Å². The summed E-state index contributed by atoms with van der Waals surface area (Å²) in [5, 5.41) is 11.8. The zero-order chi connectivity index (χ0) is 29.1. The number of piperazine rings is 1. The molecule has 1 aromatic heterocycles. The van der Waals surface area contributed by atoms with E-state index in [0.717, 1.165) is 11.3 Å². The number of morpholine rings is 1. The first kappa shape index (κ1) is 30.7. The molecule has 1 N–H and O–H groups in total. The molecule has 9 nitrogen and oxygen atoms in total. The Balaban J connectivity index is 1.61. The van der Waals surface area contributed by atoms with Crippen LogP contribution in [0.25, 0.3) is 0 Å². The largest absolute Gasteiger partial charge is 0.466 e. The molecule has 0 unspecified atom stereocenters. The van der Waals surface area contributed by atoms with Crippen molar-refractivity contribution >= 4 is 33.0 Å². The van der Waals surface area contributed by atoms with E-state index in [1.54, 1.807) is 24.4 Å². The Morgan fingerprint density at radius 1 is 1.15 bits per heavy atom. The summed E-state index contributed by atoms with van der Waals surface area (Å²) >= 11 is 1.14. The minimum absolute atomic E-state index is 0.124. The molecule has 2 aliphatic heterocycles. The van der Waals surface area contributed by atoms with Gasteiger partial charge in [-0.05, 0) is 43.0 Å². The number of hydrogen-bond acceptors (Lipinski definition) is 9. The predicted molar refractivity (Wildman–Crippen MR) is 144 cm³/mol. The molecule has 0 aliphatic carbocycles. The van der Waals surface area contributed by atoms with Crippen LogP contribution in [0.1, 0.15) is 25.8 Å². The number of esters is 1. The van der Waals surface area contributed by atoms with Gasteiger partial charge < -0.3 is 19.5 Å². The summed E-state index contributed by atoms with van der Waals surface area (Å²) in [5.41, 5.74) is -2.69. The monoisotopic (exact) mass is 605 g/mol. The van der Waals surface area contributed by atoms with Crippen LogP contribution in [0.3, 0.4) is 0 Å². The number of rotatable bonds is 9. The molecule has 2 aromatic rings. The normalized spacial score (nSPS) is 23.1. The molecular weight excluding hydrogens is 571 g/mol. The minimum Gasteiger partial charge on any atom is -0.466 e. The quantitative estimate of drug-likeness (QED) is 0.436. The number of sulfonamides is 1. The van der Waals surface area contributed by atoms with E-state index in [-0.39, 0.29) is 53.9 Å². The van der Waals surface area contributed by atoms with Crippen LogP contribution in [0.4, 0.5) is 18.9 Å². The SMILES string of the molecule is CCOC(=O)C[C@@H]1COCCN1C[C@H]1CN(S(=O)(=O)c2cccs2)CCN1c1ccc([C@@](C)(O)C(F)(F)F)cc1. The maximum atomic E-state index is 13.4. The molecule has 0 amide bonds. The Morgan fingerprint density at radius 3 is 2.50 bits per heavy atom. The summed E-state index contributed by atoms with van der Waals surface area (Å²) in [4.78, 5) is 16.3. The van der Waals surface area contributed by atoms with Gasteiger partial charge in [-0.3, -0.25) is 9.69 Å². The van der Waals surface area contributed by atoms with E-state index in [2.05, 4.69) is 4.90 Å². The number of aliphatic hydroxyl groups is 1. The fourth-order valence-corrected chi connectivity index (χ4v) is 7.63. The van der Waals surface area contributed by atoms with Gasteiger partial charge in [-0.25, -0.2) is 8.42 Å². The fourth-order valence-electron chi connectivity index (χ4n) is 5.02. The smallest absolute Gasteiger partial charge is 0.421 e. The van der Waals surface area contributed by atoms with Gasteiger partial charge in [0.2, 0.25) is 0 Å². The summed E-state index contributed by atoms with van der Waals surface area (Å²) in [6, 6.07) is 8.12. The van der Waals surface area contributed by atoms with Gasteiger partial charge >= 0.3 is 12.1 Å². The van der Waals surface area contributed by atoms with Gasteiger partial charge in [0, 0.05) is 44.5 Å². The van der Waals surface area contributed by atoms with Crippen LogP contribution in [0.5, 0.6) is 0 Å². The highest BCUT2D eigenvalue weighted by atomic mass is 32.2. The number of hydrogen-bond donors (Lipinski definition) is 1. The van der Waals surface area contributed by atoms with Gasteiger partial charge in [-0.2, -0.15) is 17.5 Å². The number of ether oxygens (including phenoxy) is 2. The van der Waals surface area contributed by atoms with E-state index in [1.165, 1.54) is 28.6 Å². The van der Waals surface area contributed by atoms with Crippen LogP contribution < -0.4 is 4.90 Å². The first-order valence-corrected chi connectivity index (χ1v) is 15.3. The van der Waals surface area contributed by atoms with Gasteiger partial charge in [0.25, 0.3) is 10.0 Å². The molecule has 2 fully saturated rings. The van der Waals surface area contributed by atoms with E-state index in [0.29, 0.717) is 45.5 Å². The van der Waals surface area contributed by atoms with Crippen molar-refractivity contribution < 1.29 is 41.0 Å². The van der Waals surface area contributed by atoms with Crippen LogP contribution in [-0.4, -0.2) is 99.5 Å². The molecular formula is C26H34F3N3O6S2. The molecule has 14 heteroatoms. The lowest BCUT2D eigenvalue weighted by Crippen LogP contribution is -2.60. The topological polar surface area (TPSA) is 99.6 Å². The molecule has 3 atom stereocenters. The molecule has 0 bridgehead atoms. The standard InChI is InChI=1S/C26H34F3N3O6S2/c1-3-38-23(33)15-21-18-37-13-12-30(21)16-22-17-31(40(35,36)24-5-4-14-39-24)10-11-32(22)20-8-6-19(7-9-20)25(2,34)26(27,28)29/h4-9,14,21-22,34H,3,10-13,15-18H2,1-2H3/t21-,22+,25-/m1/s1. The lowest BCUT2D eigenvalue weighted by atomic mass is 9.95. The Hall–Kier alpha value is -2.23. The third-order valence-electron chi connectivity index (χ3n) is 7.35. The van der Waals surface area contributed by atoms with Gasteiger partial charge in [0.1, 0.15) is 4.21 Å². The number of nitrogens with zero attached hydrogens (tertiary/aromatic N) is 3. The number of alkyl halides is 3. The van der Waals surface area contributed by atoms with Crippen LogP contribution in [0.15, 0.2) is 46.0 Å². The van der Waals surface area contributed by atoms with E-state index in [9.17, 15) is 31.5 Å². The highest BCUT2D eigenvalue weighted by Crippen LogP contribution is 2.39. The second-order valence-electron chi connectivity index (χ2n) is 9.99. The molecule has 1 aromatic carbocycles. The van der Waals surface area contributed by atoms with Gasteiger partial charge in [-0.15, -0.1) is 11.3 Å². The average molecular weight is 606 g/mol. The van der Waals surface area contributed by atoms with E-state index < -0.39 is 21.8 Å². The summed E-state index contributed by atoms with van der Waals surface area (Å²) < 4.78 is 79.2. The minimum atomic E-state index is -4.84. The molecule has 3 heterocycles. The Labute approximate surface area is 236 Å². The molecule has 0 spiro atoms. The Morgan fingerprint density at radius 2 is 1.88 bits per heavy atom. The number of carbonyl (C=O) groups excluding carboxylic acids is 1. The molecule has 0 radical (unpaired) electrons. The first-order chi connectivity index (χ1) is 18.8. The Kier molecular flexibility index (Phi) is 9.47. The summed E-state index contributed by atoms with van der Waals surface area (Å²) in [6.45, 7) is 5.03. The van der Waals surface area contributed by atoms with E-state index in [4.69, 9.17) is 9.47 Å². The zero-order valence-corrected chi connectivity index (χ0v) is 24.0. The van der Waals surface area contributed by atoms with Gasteiger partial charge in [0.15, 0.2) is 5.60 Å². The number of benzene rings is 1. The predicted octanol–water partition coefficient (Wildman–Crippen LogP) is 3.05. The zero-order valence-electron chi connectivity index (χ0n) is 22.3. The number of anilines is 1. The van der Waals surface area contributed by atoms with Gasteiger partial charge in [0.05, 0.1) is 32.3 Å². The first-order valence-electron chi connectivity index (χ1n) is 13.0. The number of carbonyl (C=O) groups is 1. The van der Waals surface area contributed by atoms with Gasteiger partial charge in [-0.1, -0.05) is 18.2 Å². The lowest BCUT2D eigenvalue weighted by molar-refractivity contribution is -0.258. The number of halogens is 3. The lowest BCUT2D eigenvalue weighted by Gasteiger charge is -2.46. The Bertz CT molecular complexity index is 1240. The van der Waals surface area contributed by atoms with Crippen molar-refractivity contribution in [1.29, 1.82) is 0 Å². The van der Waals surface area contributed by atoms with Crippen molar-refractivity contribution in [2.45, 2.75) is 48.3 Å². The van der Waals surface area contributed by atoms with E-state index in [1.807, 2.05) is 4.90 Å². The average Bonchev–Trinajstić information content (AvgIpc) is 3.46. The van der Waals surface area contributed by atoms with Crippen molar-refractivity contribution in [3.05, 3.63) is 47.3 Å². The molecule has 222 valence electrons. The maximum Gasteiger partial charge on any atom is 0.421 e. The van der Waals surface area contributed by atoms with Crippen molar-refractivity contribution in [3.63, 3.8) is 0 Å².